The number of amides is 1. The molecule has 1 aliphatic heterocycles. The topological polar surface area (TPSA) is 74.1 Å². The second-order valence-electron chi connectivity index (χ2n) is 6.35. The summed E-state index contributed by atoms with van der Waals surface area (Å²) in [6.07, 6.45) is 2.83. The second kappa shape index (κ2) is 8.34. The summed E-state index contributed by atoms with van der Waals surface area (Å²) in [5.74, 6) is 0.831. The Morgan fingerprint density at radius 1 is 1.19 bits per heavy atom. The predicted molar refractivity (Wildman–Crippen MR) is 100 cm³/mol. The summed E-state index contributed by atoms with van der Waals surface area (Å²) in [5, 5.41) is 2.02. The third-order valence-electron chi connectivity index (χ3n) is 4.34. The molecule has 3 heterocycles. The van der Waals surface area contributed by atoms with Crippen molar-refractivity contribution in [3.05, 3.63) is 46.5 Å². The van der Waals surface area contributed by atoms with Crippen LogP contribution in [0.1, 0.15) is 10.6 Å². The highest BCUT2D eigenvalue weighted by Crippen LogP contribution is 2.15. The summed E-state index contributed by atoms with van der Waals surface area (Å²) < 4.78 is 30.0. The number of sulfonamides is 1. The molecule has 1 saturated heterocycles. The normalized spacial score (nSPS) is 16.3. The average molecular weight is 398 g/mol. The van der Waals surface area contributed by atoms with E-state index in [0.717, 1.165) is 5.76 Å². The largest absolute Gasteiger partial charge is 0.468 e. The molecule has 1 aliphatic rings. The van der Waals surface area contributed by atoms with E-state index in [4.69, 9.17) is 4.42 Å². The lowest BCUT2D eigenvalue weighted by Gasteiger charge is -2.34. The predicted octanol–water partition coefficient (Wildman–Crippen LogP) is 1.45. The highest BCUT2D eigenvalue weighted by molar-refractivity contribution is 7.88. The number of hydrogen-bond acceptors (Lipinski definition) is 6. The molecule has 3 rings (SSSR count). The monoisotopic (exact) mass is 397 g/mol. The van der Waals surface area contributed by atoms with Crippen LogP contribution in [0.2, 0.25) is 0 Å². The molecule has 0 radical (unpaired) electrons. The molecule has 0 N–H and O–H groups in total. The van der Waals surface area contributed by atoms with Crippen molar-refractivity contribution in [2.75, 3.05) is 39.0 Å². The molecule has 1 fully saturated rings. The van der Waals surface area contributed by atoms with Gasteiger partial charge >= 0.3 is 0 Å². The number of carbonyl (C=O) groups is 1. The highest BCUT2D eigenvalue weighted by Gasteiger charge is 2.27. The van der Waals surface area contributed by atoms with E-state index < -0.39 is 10.0 Å². The van der Waals surface area contributed by atoms with Crippen molar-refractivity contribution in [1.82, 2.24) is 14.1 Å². The lowest BCUT2D eigenvalue weighted by molar-refractivity contribution is -0.133. The third kappa shape index (κ3) is 5.16. The van der Waals surface area contributed by atoms with Gasteiger partial charge in [0.15, 0.2) is 0 Å². The summed E-state index contributed by atoms with van der Waals surface area (Å²) in [6, 6.07) is 7.79. The third-order valence-corrected chi connectivity index (χ3v) is 6.50. The molecule has 1 amide bonds. The van der Waals surface area contributed by atoms with Crippen LogP contribution in [0.15, 0.2) is 40.3 Å². The maximum atomic E-state index is 12.7. The fourth-order valence-corrected chi connectivity index (χ4v) is 4.55. The zero-order valence-electron chi connectivity index (χ0n) is 14.7. The average Bonchev–Trinajstić information content (AvgIpc) is 3.28. The van der Waals surface area contributed by atoms with Crippen molar-refractivity contribution in [2.45, 2.75) is 13.1 Å². The molecule has 2 aromatic heterocycles. The fourth-order valence-electron chi connectivity index (χ4n) is 2.97. The smallest absolute Gasteiger partial charge is 0.236 e. The lowest BCUT2D eigenvalue weighted by Crippen LogP contribution is -2.52. The van der Waals surface area contributed by atoms with E-state index >= 15 is 0 Å². The lowest BCUT2D eigenvalue weighted by atomic mass is 10.3. The number of hydrogen-bond donors (Lipinski definition) is 0. The fraction of sp³-hybridized carbons (Fsp3) is 0.471. The van der Waals surface area contributed by atoms with Gasteiger partial charge in [0.25, 0.3) is 0 Å². The minimum atomic E-state index is -3.19. The minimum absolute atomic E-state index is 0.0151. The zero-order chi connectivity index (χ0) is 18.6. The first-order chi connectivity index (χ1) is 12.4. The van der Waals surface area contributed by atoms with Crippen LogP contribution in [-0.4, -0.2) is 67.4 Å². The highest BCUT2D eigenvalue weighted by atomic mass is 32.2. The van der Waals surface area contributed by atoms with Crippen molar-refractivity contribution in [3.63, 3.8) is 0 Å². The molecule has 0 atom stereocenters. The van der Waals surface area contributed by atoms with Crippen molar-refractivity contribution >= 4 is 27.3 Å². The Hall–Kier alpha value is -1.68. The van der Waals surface area contributed by atoms with Crippen molar-refractivity contribution in [1.29, 1.82) is 0 Å². The van der Waals surface area contributed by atoms with Gasteiger partial charge in [0, 0.05) is 37.6 Å². The van der Waals surface area contributed by atoms with Gasteiger partial charge in [0.05, 0.1) is 25.6 Å². The number of thiophene rings is 1. The van der Waals surface area contributed by atoms with Gasteiger partial charge in [-0.3, -0.25) is 9.69 Å². The van der Waals surface area contributed by atoms with E-state index in [9.17, 15) is 13.2 Å². The SMILES string of the molecule is CS(=O)(=O)N1CCN(C(=O)CN(Cc2ccco2)Cc2cccs2)CC1. The van der Waals surface area contributed by atoms with E-state index in [1.54, 1.807) is 22.5 Å². The van der Waals surface area contributed by atoms with Gasteiger partial charge in [-0.05, 0) is 23.6 Å². The number of piperazine rings is 1. The van der Waals surface area contributed by atoms with Crippen LogP contribution in [0.25, 0.3) is 0 Å². The molecule has 0 unspecified atom stereocenters. The Morgan fingerprint density at radius 3 is 2.54 bits per heavy atom. The van der Waals surface area contributed by atoms with E-state index in [1.165, 1.54) is 15.4 Å². The summed E-state index contributed by atoms with van der Waals surface area (Å²) >= 11 is 1.66. The first-order valence-electron chi connectivity index (χ1n) is 8.42. The molecule has 142 valence electrons. The van der Waals surface area contributed by atoms with Crippen LogP contribution >= 0.6 is 11.3 Å². The molecular weight excluding hydrogens is 374 g/mol. The Labute approximate surface area is 157 Å². The van der Waals surface area contributed by atoms with Crippen LogP contribution in [0.4, 0.5) is 0 Å². The Balaban J connectivity index is 1.60. The Morgan fingerprint density at radius 2 is 1.96 bits per heavy atom. The molecule has 2 aromatic rings. The number of rotatable bonds is 7. The molecule has 9 heteroatoms. The van der Waals surface area contributed by atoms with Crippen LogP contribution in [0.3, 0.4) is 0 Å². The standard InChI is InChI=1S/C17H23N3O4S2/c1-26(22,23)20-8-6-19(7-9-20)17(21)14-18(12-15-4-2-10-24-15)13-16-5-3-11-25-16/h2-5,10-11H,6-9,12-14H2,1H3. The quantitative estimate of drug-likeness (QED) is 0.707. The van der Waals surface area contributed by atoms with E-state index in [1.807, 2.05) is 23.6 Å². The first kappa shape index (κ1) is 19.1. The van der Waals surface area contributed by atoms with Gasteiger partial charge in [0.2, 0.25) is 15.9 Å². The molecular formula is C17H23N3O4S2. The van der Waals surface area contributed by atoms with Gasteiger partial charge in [-0.2, -0.15) is 4.31 Å². The van der Waals surface area contributed by atoms with Crippen LogP contribution < -0.4 is 0 Å². The Kier molecular flexibility index (Phi) is 6.13. The van der Waals surface area contributed by atoms with E-state index in [-0.39, 0.29) is 12.5 Å². The zero-order valence-corrected chi connectivity index (χ0v) is 16.3. The van der Waals surface area contributed by atoms with Crippen LogP contribution in [0, 0.1) is 0 Å². The molecule has 7 nitrogen and oxygen atoms in total. The van der Waals surface area contributed by atoms with Crippen molar-refractivity contribution in [3.8, 4) is 0 Å². The number of nitrogens with zero attached hydrogens (tertiary/aromatic N) is 3. The number of carbonyl (C=O) groups excluding carboxylic acids is 1. The van der Waals surface area contributed by atoms with Gasteiger partial charge in [-0.25, -0.2) is 8.42 Å². The molecule has 26 heavy (non-hydrogen) atoms. The van der Waals surface area contributed by atoms with E-state index in [2.05, 4.69) is 11.0 Å². The maximum Gasteiger partial charge on any atom is 0.236 e. The maximum absolute atomic E-state index is 12.7. The molecule has 0 saturated carbocycles. The molecule has 0 aromatic carbocycles. The van der Waals surface area contributed by atoms with Gasteiger partial charge < -0.3 is 9.32 Å². The van der Waals surface area contributed by atoms with Crippen LogP contribution in [0.5, 0.6) is 0 Å². The molecule has 0 spiro atoms. The summed E-state index contributed by atoms with van der Waals surface area (Å²) in [4.78, 5) is 17.7. The number of furan rings is 1. The van der Waals surface area contributed by atoms with Crippen molar-refractivity contribution in [2.24, 2.45) is 0 Å². The molecule has 0 bridgehead atoms. The van der Waals surface area contributed by atoms with Crippen LogP contribution in [-0.2, 0) is 27.9 Å². The summed E-state index contributed by atoms with van der Waals surface area (Å²) in [7, 11) is -3.19. The Bertz CT molecular complexity index is 759. The second-order valence-corrected chi connectivity index (χ2v) is 9.36. The van der Waals surface area contributed by atoms with Gasteiger partial charge in [-0.15, -0.1) is 11.3 Å². The van der Waals surface area contributed by atoms with Gasteiger partial charge in [0.1, 0.15) is 5.76 Å². The molecule has 0 aliphatic carbocycles. The minimum Gasteiger partial charge on any atom is -0.468 e. The summed E-state index contributed by atoms with van der Waals surface area (Å²) in [5.41, 5.74) is 0. The van der Waals surface area contributed by atoms with Gasteiger partial charge in [-0.1, -0.05) is 6.07 Å². The van der Waals surface area contributed by atoms with E-state index in [0.29, 0.717) is 39.3 Å². The summed E-state index contributed by atoms with van der Waals surface area (Å²) in [6.45, 7) is 3.07. The van der Waals surface area contributed by atoms with Crippen molar-refractivity contribution < 1.29 is 17.6 Å². The first-order valence-corrected chi connectivity index (χ1v) is 11.1.